The zero-order chi connectivity index (χ0) is 14.9. The van der Waals surface area contributed by atoms with Crippen molar-refractivity contribution < 1.29 is 13.2 Å². The van der Waals surface area contributed by atoms with Gasteiger partial charge in [0.25, 0.3) is 10.0 Å². The van der Waals surface area contributed by atoms with Gasteiger partial charge in [-0.25, -0.2) is 13.4 Å². The number of hydrogen-bond acceptors (Lipinski definition) is 6. The predicted octanol–water partition coefficient (Wildman–Crippen LogP) is 2.14. The SMILES string of the molecule is O=S(=O)(c1ccc(Br)s1)N1CC[C@H](Oc2cnccn2)C1. The lowest BCUT2D eigenvalue weighted by Gasteiger charge is -2.15. The molecule has 0 bridgehead atoms. The summed E-state index contributed by atoms with van der Waals surface area (Å²) in [7, 11) is -3.44. The summed E-state index contributed by atoms with van der Waals surface area (Å²) in [5, 5.41) is 0. The molecule has 6 nitrogen and oxygen atoms in total. The summed E-state index contributed by atoms with van der Waals surface area (Å²) >= 11 is 4.50. The molecule has 0 saturated carbocycles. The molecule has 0 amide bonds. The van der Waals surface area contributed by atoms with Crippen molar-refractivity contribution in [3.63, 3.8) is 0 Å². The first-order valence-electron chi connectivity index (χ1n) is 6.24. The highest BCUT2D eigenvalue weighted by Crippen LogP contribution is 2.30. The zero-order valence-corrected chi connectivity index (χ0v) is 14.1. The second kappa shape index (κ2) is 5.99. The molecule has 0 spiro atoms. The fraction of sp³-hybridized carbons (Fsp3) is 0.333. The molecule has 9 heteroatoms. The second-order valence-corrected chi connectivity index (χ2v) is 9.12. The molecule has 3 rings (SSSR count). The van der Waals surface area contributed by atoms with Gasteiger partial charge in [-0.1, -0.05) is 0 Å². The van der Waals surface area contributed by atoms with Crippen molar-refractivity contribution in [2.45, 2.75) is 16.7 Å². The van der Waals surface area contributed by atoms with Gasteiger partial charge < -0.3 is 4.74 Å². The van der Waals surface area contributed by atoms with Gasteiger partial charge in [0.1, 0.15) is 10.3 Å². The van der Waals surface area contributed by atoms with Crippen LogP contribution >= 0.6 is 27.3 Å². The van der Waals surface area contributed by atoms with E-state index >= 15 is 0 Å². The second-order valence-electron chi connectivity index (χ2n) is 4.49. The summed E-state index contributed by atoms with van der Waals surface area (Å²) in [6.45, 7) is 0.775. The van der Waals surface area contributed by atoms with Crippen molar-refractivity contribution in [1.29, 1.82) is 0 Å². The standard InChI is InChI=1S/C12H12BrN3O3S2/c13-10-1-2-12(20-10)21(17,18)16-6-3-9(8-16)19-11-7-14-4-5-15-11/h1-2,4-5,7,9H,3,6,8H2/t9-/m0/s1. The summed E-state index contributed by atoms with van der Waals surface area (Å²) in [6, 6.07) is 3.35. The van der Waals surface area contributed by atoms with Crippen molar-refractivity contribution >= 4 is 37.3 Å². The molecule has 1 aliphatic rings. The van der Waals surface area contributed by atoms with E-state index in [0.29, 0.717) is 29.6 Å². The lowest BCUT2D eigenvalue weighted by Crippen LogP contribution is -2.30. The van der Waals surface area contributed by atoms with E-state index in [0.717, 1.165) is 3.79 Å². The Morgan fingerprint density at radius 1 is 1.38 bits per heavy atom. The number of sulfonamides is 1. The summed E-state index contributed by atoms with van der Waals surface area (Å²) in [4.78, 5) is 7.96. The molecule has 0 aliphatic carbocycles. The van der Waals surface area contributed by atoms with Gasteiger partial charge in [0.05, 0.1) is 16.5 Å². The molecule has 1 saturated heterocycles. The van der Waals surface area contributed by atoms with Crippen LogP contribution in [0.2, 0.25) is 0 Å². The molecular formula is C12H12BrN3O3S2. The van der Waals surface area contributed by atoms with Gasteiger partial charge in [-0.3, -0.25) is 4.98 Å². The van der Waals surface area contributed by atoms with Crippen molar-refractivity contribution in [2.24, 2.45) is 0 Å². The fourth-order valence-corrected chi connectivity index (χ4v) is 5.74. The normalized spacial score (nSPS) is 19.8. The highest BCUT2D eigenvalue weighted by molar-refractivity contribution is 9.11. The number of nitrogens with zero attached hydrogens (tertiary/aromatic N) is 3. The quantitative estimate of drug-likeness (QED) is 0.800. The van der Waals surface area contributed by atoms with Crippen LogP contribution in [0.1, 0.15) is 6.42 Å². The van der Waals surface area contributed by atoms with Crippen LogP contribution in [0.25, 0.3) is 0 Å². The van der Waals surface area contributed by atoms with E-state index in [4.69, 9.17) is 4.74 Å². The molecule has 112 valence electrons. The molecule has 0 unspecified atom stereocenters. The molecule has 1 fully saturated rings. The van der Waals surface area contributed by atoms with Gasteiger partial charge in [-0.15, -0.1) is 11.3 Å². The maximum Gasteiger partial charge on any atom is 0.252 e. The smallest absolute Gasteiger partial charge is 0.252 e. The number of ether oxygens (including phenoxy) is 1. The minimum atomic E-state index is -3.44. The van der Waals surface area contributed by atoms with Gasteiger partial charge in [0.2, 0.25) is 5.88 Å². The molecule has 0 radical (unpaired) electrons. The predicted molar refractivity (Wildman–Crippen MR) is 81.8 cm³/mol. The summed E-state index contributed by atoms with van der Waals surface area (Å²) < 4.78 is 33.2. The fourth-order valence-electron chi connectivity index (χ4n) is 2.09. The molecule has 0 N–H and O–H groups in total. The van der Waals surface area contributed by atoms with Crippen LogP contribution in [0.5, 0.6) is 5.88 Å². The Hall–Kier alpha value is -1.03. The van der Waals surface area contributed by atoms with Crippen LogP contribution < -0.4 is 4.74 Å². The lowest BCUT2D eigenvalue weighted by atomic mass is 10.3. The van der Waals surface area contributed by atoms with Gasteiger partial charge in [-0.2, -0.15) is 4.31 Å². The lowest BCUT2D eigenvalue weighted by molar-refractivity contribution is 0.206. The number of hydrogen-bond donors (Lipinski definition) is 0. The van der Waals surface area contributed by atoms with Gasteiger partial charge in [0, 0.05) is 18.9 Å². The minimum absolute atomic E-state index is 0.195. The third kappa shape index (κ3) is 3.25. The van der Waals surface area contributed by atoms with E-state index in [-0.39, 0.29) is 6.10 Å². The molecule has 0 aromatic carbocycles. The van der Waals surface area contributed by atoms with Crippen molar-refractivity contribution in [3.05, 3.63) is 34.5 Å². The van der Waals surface area contributed by atoms with E-state index < -0.39 is 10.0 Å². The van der Waals surface area contributed by atoms with E-state index in [1.54, 1.807) is 24.5 Å². The largest absolute Gasteiger partial charge is 0.472 e. The van der Waals surface area contributed by atoms with Crippen molar-refractivity contribution in [2.75, 3.05) is 13.1 Å². The van der Waals surface area contributed by atoms with Gasteiger partial charge >= 0.3 is 0 Å². The third-order valence-electron chi connectivity index (χ3n) is 3.08. The van der Waals surface area contributed by atoms with Crippen LogP contribution in [0, 0.1) is 0 Å². The summed E-state index contributed by atoms with van der Waals surface area (Å²) in [6.07, 6.45) is 5.07. The highest BCUT2D eigenvalue weighted by Gasteiger charge is 2.34. The van der Waals surface area contributed by atoms with Crippen LogP contribution in [0.3, 0.4) is 0 Å². The maximum absolute atomic E-state index is 12.5. The van der Waals surface area contributed by atoms with Crippen molar-refractivity contribution in [1.82, 2.24) is 14.3 Å². The molecule has 1 atom stereocenters. The van der Waals surface area contributed by atoms with Crippen LogP contribution in [0.4, 0.5) is 0 Å². The first-order valence-corrected chi connectivity index (χ1v) is 9.29. The monoisotopic (exact) mass is 389 g/mol. The van der Waals surface area contributed by atoms with Crippen LogP contribution in [-0.2, 0) is 10.0 Å². The minimum Gasteiger partial charge on any atom is -0.472 e. The van der Waals surface area contributed by atoms with Gasteiger partial charge in [0.15, 0.2) is 0 Å². The first-order chi connectivity index (χ1) is 10.1. The Labute approximate surface area is 135 Å². The van der Waals surface area contributed by atoms with Crippen LogP contribution in [0.15, 0.2) is 38.7 Å². The first kappa shape index (κ1) is 14.9. The summed E-state index contributed by atoms with van der Waals surface area (Å²) in [5.74, 6) is 0.417. The number of halogens is 1. The Morgan fingerprint density at radius 2 is 2.24 bits per heavy atom. The van der Waals surface area contributed by atoms with Gasteiger partial charge in [-0.05, 0) is 34.5 Å². The average molecular weight is 390 g/mol. The van der Waals surface area contributed by atoms with Crippen LogP contribution in [-0.4, -0.2) is 41.9 Å². The molecular weight excluding hydrogens is 378 g/mol. The molecule has 1 aliphatic heterocycles. The van der Waals surface area contributed by atoms with Crippen molar-refractivity contribution in [3.8, 4) is 5.88 Å². The Bertz CT molecular complexity index is 720. The zero-order valence-electron chi connectivity index (χ0n) is 10.8. The number of rotatable bonds is 4. The summed E-state index contributed by atoms with van der Waals surface area (Å²) in [5.41, 5.74) is 0. The van der Waals surface area contributed by atoms with E-state index in [1.165, 1.54) is 21.8 Å². The molecule has 2 aromatic heterocycles. The molecule has 2 aromatic rings. The topological polar surface area (TPSA) is 72.4 Å². The number of thiophene rings is 1. The van der Waals surface area contributed by atoms with E-state index in [9.17, 15) is 8.42 Å². The Morgan fingerprint density at radius 3 is 2.90 bits per heavy atom. The Balaban J connectivity index is 1.69. The molecule has 21 heavy (non-hydrogen) atoms. The maximum atomic E-state index is 12.5. The molecule has 3 heterocycles. The Kier molecular flexibility index (Phi) is 4.25. The van der Waals surface area contributed by atoms with E-state index in [1.807, 2.05) is 0 Å². The number of aromatic nitrogens is 2. The third-order valence-corrected chi connectivity index (χ3v) is 7.03. The van der Waals surface area contributed by atoms with E-state index in [2.05, 4.69) is 25.9 Å². The average Bonchev–Trinajstić information content (AvgIpc) is 3.10. The highest BCUT2D eigenvalue weighted by atomic mass is 79.9.